The van der Waals surface area contributed by atoms with Crippen LogP contribution in [0.15, 0.2) is 24.3 Å². The van der Waals surface area contributed by atoms with Crippen LogP contribution in [0.1, 0.15) is 30.9 Å². The standard InChI is InChI=1S/C16H26N2O/c1-12(2)14-6-4-13(5-7-14)10-15(17)16-11-18(3)8-9-19-16/h4-7,12,15-16H,8-11,17H2,1-3H3. The van der Waals surface area contributed by atoms with Gasteiger partial charge in [-0.05, 0) is 30.5 Å². The number of ether oxygens (including phenoxy) is 1. The number of hydrogen-bond donors (Lipinski definition) is 1. The van der Waals surface area contributed by atoms with Crippen molar-refractivity contribution in [2.45, 2.75) is 38.3 Å². The molecule has 0 aromatic heterocycles. The Labute approximate surface area is 116 Å². The molecule has 19 heavy (non-hydrogen) atoms. The average molecular weight is 262 g/mol. The number of hydrogen-bond acceptors (Lipinski definition) is 3. The van der Waals surface area contributed by atoms with Crippen molar-refractivity contribution in [3.05, 3.63) is 35.4 Å². The van der Waals surface area contributed by atoms with Gasteiger partial charge < -0.3 is 15.4 Å². The molecule has 0 aliphatic carbocycles. The molecule has 1 aliphatic heterocycles. The first-order valence-corrected chi connectivity index (χ1v) is 7.21. The number of nitrogens with two attached hydrogens (primary N) is 1. The molecular weight excluding hydrogens is 236 g/mol. The van der Waals surface area contributed by atoms with E-state index in [1.54, 1.807) is 0 Å². The van der Waals surface area contributed by atoms with Gasteiger partial charge in [0.15, 0.2) is 0 Å². The lowest BCUT2D eigenvalue weighted by Crippen LogP contribution is -2.50. The van der Waals surface area contributed by atoms with Gasteiger partial charge in [-0.1, -0.05) is 38.1 Å². The summed E-state index contributed by atoms with van der Waals surface area (Å²) in [5.41, 5.74) is 8.97. The molecule has 1 fully saturated rings. The van der Waals surface area contributed by atoms with E-state index in [-0.39, 0.29) is 12.1 Å². The van der Waals surface area contributed by atoms with Crippen LogP contribution in [0.2, 0.25) is 0 Å². The van der Waals surface area contributed by atoms with E-state index in [2.05, 4.69) is 50.1 Å². The Balaban J connectivity index is 1.92. The molecular formula is C16H26N2O. The maximum absolute atomic E-state index is 6.29. The molecule has 0 bridgehead atoms. The van der Waals surface area contributed by atoms with E-state index in [1.165, 1.54) is 11.1 Å². The van der Waals surface area contributed by atoms with Crippen LogP contribution in [-0.4, -0.2) is 43.8 Å². The highest BCUT2D eigenvalue weighted by atomic mass is 16.5. The Morgan fingerprint density at radius 2 is 2.00 bits per heavy atom. The van der Waals surface area contributed by atoms with Crippen molar-refractivity contribution in [1.82, 2.24) is 4.90 Å². The molecule has 0 saturated carbocycles. The Hall–Kier alpha value is -0.900. The molecule has 2 atom stereocenters. The van der Waals surface area contributed by atoms with Crippen LogP contribution in [0.5, 0.6) is 0 Å². The maximum atomic E-state index is 6.29. The fourth-order valence-electron chi connectivity index (χ4n) is 2.51. The zero-order valence-corrected chi connectivity index (χ0v) is 12.3. The minimum absolute atomic E-state index is 0.0765. The average Bonchev–Trinajstić information content (AvgIpc) is 2.39. The Morgan fingerprint density at radius 1 is 1.32 bits per heavy atom. The number of rotatable bonds is 4. The molecule has 2 rings (SSSR count). The summed E-state index contributed by atoms with van der Waals surface area (Å²) >= 11 is 0. The summed E-state index contributed by atoms with van der Waals surface area (Å²) < 4.78 is 5.78. The third-order valence-electron chi connectivity index (χ3n) is 3.89. The predicted octanol–water partition coefficient (Wildman–Crippen LogP) is 2.01. The molecule has 1 aromatic carbocycles. The van der Waals surface area contributed by atoms with Gasteiger partial charge in [0.25, 0.3) is 0 Å². The normalized spacial score (nSPS) is 22.7. The van der Waals surface area contributed by atoms with E-state index < -0.39 is 0 Å². The van der Waals surface area contributed by atoms with Crippen molar-refractivity contribution in [2.75, 3.05) is 26.7 Å². The van der Waals surface area contributed by atoms with Crippen LogP contribution in [0.25, 0.3) is 0 Å². The predicted molar refractivity (Wildman–Crippen MR) is 79.4 cm³/mol. The summed E-state index contributed by atoms with van der Waals surface area (Å²) in [6.07, 6.45) is 1.04. The molecule has 1 heterocycles. The Kier molecular flexibility index (Phi) is 4.97. The first-order chi connectivity index (χ1) is 9.06. The minimum Gasteiger partial charge on any atom is -0.374 e. The maximum Gasteiger partial charge on any atom is 0.0856 e. The van der Waals surface area contributed by atoms with Crippen LogP contribution in [0.4, 0.5) is 0 Å². The van der Waals surface area contributed by atoms with Crippen molar-refractivity contribution < 1.29 is 4.74 Å². The SMILES string of the molecule is CC(C)c1ccc(CC(N)C2CN(C)CCO2)cc1. The lowest BCUT2D eigenvalue weighted by molar-refractivity contribution is -0.0319. The third kappa shape index (κ3) is 4.03. The fraction of sp³-hybridized carbons (Fsp3) is 0.625. The molecule has 0 radical (unpaired) electrons. The molecule has 1 saturated heterocycles. The van der Waals surface area contributed by atoms with Crippen molar-refractivity contribution >= 4 is 0 Å². The highest BCUT2D eigenvalue weighted by molar-refractivity contribution is 5.25. The molecule has 0 spiro atoms. The van der Waals surface area contributed by atoms with Gasteiger partial charge in [-0.3, -0.25) is 0 Å². The van der Waals surface area contributed by atoms with E-state index in [0.717, 1.165) is 26.1 Å². The first kappa shape index (κ1) is 14.5. The van der Waals surface area contributed by atoms with E-state index in [0.29, 0.717) is 5.92 Å². The van der Waals surface area contributed by atoms with Gasteiger partial charge in [0.1, 0.15) is 0 Å². The second-order valence-electron chi connectivity index (χ2n) is 5.94. The molecule has 3 nitrogen and oxygen atoms in total. The zero-order valence-electron chi connectivity index (χ0n) is 12.3. The van der Waals surface area contributed by atoms with Gasteiger partial charge in [-0.2, -0.15) is 0 Å². The number of nitrogens with zero attached hydrogens (tertiary/aromatic N) is 1. The second kappa shape index (κ2) is 6.51. The summed E-state index contributed by atoms with van der Waals surface area (Å²) in [4.78, 5) is 2.29. The number of benzene rings is 1. The summed E-state index contributed by atoms with van der Waals surface area (Å²) in [5.74, 6) is 0.582. The largest absolute Gasteiger partial charge is 0.374 e. The third-order valence-corrected chi connectivity index (χ3v) is 3.89. The minimum atomic E-state index is 0.0765. The monoisotopic (exact) mass is 262 g/mol. The lowest BCUT2D eigenvalue weighted by Gasteiger charge is -2.33. The van der Waals surface area contributed by atoms with Gasteiger partial charge in [0, 0.05) is 19.1 Å². The van der Waals surface area contributed by atoms with Crippen LogP contribution < -0.4 is 5.73 Å². The summed E-state index contributed by atoms with van der Waals surface area (Å²) in [6.45, 7) is 7.16. The van der Waals surface area contributed by atoms with Gasteiger partial charge in [0.05, 0.1) is 12.7 Å². The highest BCUT2D eigenvalue weighted by Gasteiger charge is 2.24. The summed E-state index contributed by atoms with van der Waals surface area (Å²) in [7, 11) is 2.12. The molecule has 1 aliphatic rings. The highest BCUT2D eigenvalue weighted by Crippen LogP contribution is 2.16. The summed E-state index contributed by atoms with van der Waals surface area (Å²) in [5, 5.41) is 0. The molecule has 106 valence electrons. The second-order valence-corrected chi connectivity index (χ2v) is 5.94. The zero-order chi connectivity index (χ0) is 13.8. The topological polar surface area (TPSA) is 38.5 Å². The molecule has 2 unspecified atom stereocenters. The fourth-order valence-corrected chi connectivity index (χ4v) is 2.51. The van der Waals surface area contributed by atoms with Crippen molar-refractivity contribution in [1.29, 1.82) is 0 Å². The van der Waals surface area contributed by atoms with Crippen LogP contribution in [-0.2, 0) is 11.2 Å². The Morgan fingerprint density at radius 3 is 2.58 bits per heavy atom. The summed E-state index contributed by atoms with van der Waals surface area (Å²) in [6, 6.07) is 8.89. The van der Waals surface area contributed by atoms with Crippen LogP contribution in [0, 0.1) is 0 Å². The lowest BCUT2D eigenvalue weighted by atomic mass is 9.97. The van der Waals surface area contributed by atoms with Gasteiger partial charge in [-0.15, -0.1) is 0 Å². The van der Waals surface area contributed by atoms with Gasteiger partial charge >= 0.3 is 0 Å². The smallest absolute Gasteiger partial charge is 0.0856 e. The number of likely N-dealkylation sites (N-methyl/N-ethyl adjacent to an activating group) is 1. The molecule has 1 aromatic rings. The van der Waals surface area contributed by atoms with E-state index >= 15 is 0 Å². The molecule has 2 N–H and O–H groups in total. The van der Waals surface area contributed by atoms with E-state index in [1.807, 2.05) is 0 Å². The Bertz CT molecular complexity index is 388. The van der Waals surface area contributed by atoms with Crippen molar-refractivity contribution in [2.24, 2.45) is 5.73 Å². The van der Waals surface area contributed by atoms with Gasteiger partial charge in [0.2, 0.25) is 0 Å². The number of morpholine rings is 1. The molecule has 0 amide bonds. The van der Waals surface area contributed by atoms with E-state index in [9.17, 15) is 0 Å². The van der Waals surface area contributed by atoms with Crippen LogP contribution in [0.3, 0.4) is 0 Å². The van der Waals surface area contributed by atoms with E-state index in [4.69, 9.17) is 10.5 Å². The van der Waals surface area contributed by atoms with Crippen LogP contribution >= 0.6 is 0 Å². The quantitative estimate of drug-likeness (QED) is 0.902. The molecule has 3 heteroatoms. The first-order valence-electron chi connectivity index (χ1n) is 7.21. The van der Waals surface area contributed by atoms with Crippen molar-refractivity contribution in [3.63, 3.8) is 0 Å². The van der Waals surface area contributed by atoms with Crippen molar-refractivity contribution in [3.8, 4) is 0 Å². The van der Waals surface area contributed by atoms with Gasteiger partial charge in [-0.25, -0.2) is 0 Å².